The predicted molar refractivity (Wildman–Crippen MR) is 72.3 cm³/mol. The summed E-state index contributed by atoms with van der Waals surface area (Å²) in [6.45, 7) is 0.175. The maximum absolute atomic E-state index is 11.9. The monoisotopic (exact) mass is 301 g/mol. The van der Waals surface area contributed by atoms with E-state index in [2.05, 4.69) is 9.82 Å². The van der Waals surface area contributed by atoms with Crippen LogP contribution < -0.4 is 4.72 Å². The van der Waals surface area contributed by atoms with Crippen molar-refractivity contribution in [3.63, 3.8) is 0 Å². The fourth-order valence-corrected chi connectivity index (χ4v) is 3.76. The SMILES string of the molecule is Cn1cc(CCNS(=O)(=O)c2csc(CO)c2)cn1. The first-order chi connectivity index (χ1) is 9.01. The first-order valence-electron chi connectivity index (χ1n) is 5.67. The van der Waals surface area contributed by atoms with E-state index in [0.717, 1.165) is 5.56 Å². The van der Waals surface area contributed by atoms with Crippen LogP contribution in [0.25, 0.3) is 0 Å². The van der Waals surface area contributed by atoms with E-state index in [0.29, 0.717) is 17.8 Å². The molecule has 0 bridgehead atoms. The fraction of sp³-hybridized carbons (Fsp3) is 0.364. The average molecular weight is 301 g/mol. The molecule has 0 unspecified atom stereocenters. The summed E-state index contributed by atoms with van der Waals surface area (Å²) in [7, 11) is -1.68. The number of nitrogens with zero attached hydrogens (tertiary/aromatic N) is 2. The normalized spacial score (nSPS) is 11.9. The van der Waals surface area contributed by atoms with Crippen molar-refractivity contribution in [1.82, 2.24) is 14.5 Å². The molecule has 2 heterocycles. The lowest BCUT2D eigenvalue weighted by Crippen LogP contribution is -2.25. The largest absolute Gasteiger partial charge is 0.391 e. The number of rotatable bonds is 6. The number of aryl methyl sites for hydroxylation is 1. The van der Waals surface area contributed by atoms with Crippen LogP contribution >= 0.6 is 11.3 Å². The second kappa shape index (κ2) is 5.83. The van der Waals surface area contributed by atoms with Gasteiger partial charge in [0.1, 0.15) is 0 Å². The van der Waals surface area contributed by atoms with Crippen LogP contribution in [0, 0.1) is 0 Å². The Kier molecular flexibility index (Phi) is 4.35. The van der Waals surface area contributed by atoms with Crippen molar-refractivity contribution >= 4 is 21.4 Å². The summed E-state index contributed by atoms with van der Waals surface area (Å²) < 4.78 is 28.1. The molecule has 0 spiro atoms. The van der Waals surface area contributed by atoms with Crippen molar-refractivity contribution in [2.45, 2.75) is 17.9 Å². The maximum atomic E-state index is 11.9. The van der Waals surface area contributed by atoms with Gasteiger partial charge in [-0.05, 0) is 18.1 Å². The molecular formula is C11H15N3O3S2. The van der Waals surface area contributed by atoms with Gasteiger partial charge >= 0.3 is 0 Å². The molecule has 0 aromatic carbocycles. The lowest BCUT2D eigenvalue weighted by Gasteiger charge is -2.03. The van der Waals surface area contributed by atoms with Gasteiger partial charge in [-0.2, -0.15) is 5.10 Å². The number of aliphatic hydroxyl groups is 1. The molecule has 2 aromatic heterocycles. The maximum Gasteiger partial charge on any atom is 0.241 e. The molecule has 0 saturated carbocycles. The number of hydrogen-bond acceptors (Lipinski definition) is 5. The van der Waals surface area contributed by atoms with Gasteiger partial charge in [0.25, 0.3) is 0 Å². The van der Waals surface area contributed by atoms with Gasteiger partial charge < -0.3 is 5.11 Å². The Labute approximate surface area is 115 Å². The minimum atomic E-state index is -3.49. The fourth-order valence-electron chi connectivity index (χ4n) is 1.60. The van der Waals surface area contributed by atoms with E-state index in [1.54, 1.807) is 10.9 Å². The third-order valence-corrected chi connectivity index (χ3v) is 5.07. The van der Waals surface area contributed by atoms with Crippen LogP contribution in [0.3, 0.4) is 0 Å². The molecule has 2 aromatic rings. The Morgan fingerprint density at radius 3 is 2.89 bits per heavy atom. The molecule has 8 heteroatoms. The first kappa shape index (κ1) is 14.2. The van der Waals surface area contributed by atoms with Crippen molar-refractivity contribution in [2.24, 2.45) is 7.05 Å². The van der Waals surface area contributed by atoms with Crippen LogP contribution in [0.4, 0.5) is 0 Å². The van der Waals surface area contributed by atoms with Crippen LogP contribution in [-0.4, -0.2) is 29.8 Å². The van der Waals surface area contributed by atoms with E-state index in [-0.39, 0.29) is 11.5 Å². The quantitative estimate of drug-likeness (QED) is 0.813. The Morgan fingerprint density at radius 2 is 2.32 bits per heavy atom. The third-order valence-electron chi connectivity index (χ3n) is 2.56. The molecule has 2 rings (SSSR count). The first-order valence-corrected chi connectivity index (χ1v) is 8.03. The molecule has 0 aliphatic heterocycles. The zero-order valence-electron chi connectivity index (χ0n) is 10.4. The smallest absolute Gasteiger partial charge is 0.241 e. The minimum absolute atomic E-state index is 0.143. The molecule has 0 radical (unpaired) electrons. The molecule has 0 aliphatic rings. The highest BCUT2D eigenvalue weighted by molar-refractivity contribution is 7.89. The number of aliphatic hydroxyl groups excluding tert-OH is 1. The zero-order chi connectivity index (χ0) is 13.9. The number of hydrogen-bond donors (Lipinski definition) is 2. The minimum Gasteiger partial charge on any atom is -0.391 e. The van der Waals surface area contributed by atoms with Gasteiger partial charge in [-0.15, -0.1) is 11.3 Å². The van der Waals surface area contributed by atoms with Crippen molar-refractivity contribution in [3.8, 4) is 0 Å². The summed E-state index contributed by atoms with van der Waals surface area (Å²) in [5.41, 5.74) is 0.978. The lowest BCUT2D eigenvalue weighted by molar-refractivity contribution is 0.285. The van der Waals surface area contributed by atoms with Gasteiger partial charge in [0.2, 0.25) is 10.0 Å². The van der Waals surface area contributed by atoms with Crippen molar-refractivity contribution in [1.29, 1.82) is 0 Å². The standard InChI is InChI=1S/C11H15N3O3S2/c1-14-6-9(5-12-14)2-3-13-19(16,17)11-4-10(7-15)18-8-11/h4-6,8,13,15H,2-3,7H2,1H3. The van der Waals surface area contributed by atoms with Gasteiger partial charge in [-0.3, -0.25) is 4.68 Å². The molecular weight excluding hydrogens is 286 g/mol. The van der Waals surface area contributed by atoms with Crippen molar-refractivity contribution < 1.29 is 13.5 Å². The molecule has 0 amide bonds. The summed E-state index contributed by atoms with van der Waals surface area (Å²) in [6.07, 6.45) is 4.15. The Hall–Kier alpha value is -1.22. The Balaban J connectivity index is 1.94. The van der Waals surface area contributed by atoms with E-state index in [9.17, 15) is 8.42 Å². The highest BCUT2D eigenvalue weighted by Gasteiger charge is 2.15. The van der Waals surface area contributed by atoms with E-state index in [1.165, 1.54) is 22.8 Å². The van der Waals surface area contributed by atoms with Crippen LogP contribution in [0.1, 0.15) is 10.4 Å². The average Bonchev–Trinajstić information content (AvgIpc) is 2.98. The van der Waals surface area contributed by atoms with Gasteiger partial charge in [0.05, 0.1) is 17.7 Å². The number of thiophene rings is 1. The second-order valence-corrected chi connectivity index (χ2v) is 6.84. The summed E-state index contributed by atoms with van der Waals surface area (Å²) in [5.74, 6) is 0. The third kappa shape index (κ3) is 3.63. The number of nitrogens with one attached hydrogen (secondary N) is 1. The van der Waals surface area contributed by atoms with Crippen molar-refractivity contribution in [2.75, 3.05) is 6.54 Å². The molecule has 0 fully saturated rings. The molecule has 0 saturated heterocycles. The summed E-state index contributed by atoms with van der Waals surface area (Å²) in [4.78, 5) is 0.834. The van der Waals surface area contributed by atoms with Crippen LogP contribution in [0.15, 0.2) is 28.7 Å². The van der Waals surface area contributed by atoms with Gasteiger partial charge in [-0.25, -0.2) is 13.1 Å². The molecule has 6 nitrogen and oxygen atoms in total. The van der Waals surface area contributed by atoms with E-state index < -0.39 is 10.0 Å². The van der Waals surface area contributed by atoms with Gasteiger partial charge in [-0.1, -0.05) is 0 Å². The van der Waals surface area contributed by atoms with Crippen LogP contribution in [0.5, 0.6) is 0 Å². The van der Waals surface area contributed by atoms with Crippen LogP contribution in [0.2, 0.25) is 0 Å². The molecule has 0 atom stereocenters. The predicted octanol–water partition coefficient (Wildman–Crippen LogP) is 0.495. The van der Waals surface area contributed by atoms with Gasteiger partial charge in [0, 0.05) is 30.0 Å². The van der Waals surface area contributed by atoms with Gasteiger partial charge in [0.15, 0.2) is 0 Å². The molecule has 104 valence electrons. The highest BCUT2D eigenvalue weighted by atomic mass is 32.2. The summed E-state index contributed by atoms with van der Waals surface area (Å²) in [6, 6.07) is 1.48. The van der Waals surface area contributed by atoms with Crippen LogP contribution in [-0.2, 0) is 30.1 Å². The highest BCUT2D eigenvalue weighted by Crippen LogP contribution is 2.18. The number of sulfonamides is 1. The Morgan fingerprint density at radius 1 is 1.53 bits per heavy atom. The van der Waals surface area contributed by atoms with E-state index in [4.69, 9.17) is 5.11 Å². The second-order valence-electron chi connectivity index (χ2n) is 4.08. The molecule has 0 aliphatic carbocycles. The topological polar surface area (TPSA) is 84.2 Å². The number of aromatic nitrogens is 2. The molecule has 19 heavy (non-hydrogen) atoms. The zero-order valence-corrected chi connectivity index (χ0v) is 12.0. The lowest BCUT2D eigenvalue weighted by atomic mass is 10.3. The van der Waals surface area contributed by atoms with Crippen molar-refractivity contribution in [3.05, 3.63) is 34.3 Å². The summed E-state index contributed by atoms with van der Waals surface area (Å²) >= 11 is 1.23. The summed E-state index contributed by atoms with van der Waals surface area (Å²) in [5, 5.41) is 14.5. The van der Waals surface area contributed by atoms with E-state index >= 15 is 0 Å². The van der Waals surface area contributed by atoms with E-state index in [1.807, 2.05) is 13.2 Å². The Bertz CT molecular complexity index is 646. The molecule has 2 N–H and O–H groups in total.